The number of benzene rings is 1. The number of hydrogen-bond donors (Lipinski definition) is 0. The van der Waals surface area contributed by atoms with Crippen molar-refractivity contribution in [2.75, 3.05) is 13.1 Å². The molecule has 0 fully saturated rings. The van der Waals surface area contributed by atoms with E-state index in [0.717, 1.165) is 5.56 Å². The molecular weight excluding hydrogens is 202 g/mol. The lowest BCUT2D eigenvalue weighted by molar-refractivity contribution is -0.129. The van der Waals surface area contributed by atoms with Crippen LogP contribution in [0.4, 0.5) is 0 Å². The van der Waals surface area contributed by atoms with Crippen molar-refractivity contribution in [3.05, 3.63) is 35.9 Å². The number of carbonyl (C=O) groups excluding carboxylic acids is 1. The van der Waals surface area contributed by atoms with Crippen LogP contribution in [0.5, 0.6) is 0 Å². The summed E-state index contributed by atoms with van der Waals surface area (Å²) in [6.45, 7) is -0.0849. The van der Waals surface area contributed by atoms with Gasteiger partial charge in [0.2, 0.25) is 5.91 Å². The number of carbonyl (C=O) groups is 1. The Bertz CT molecular complexity index is 412. The van der Waals surface area contributed by atoms with E-state index in [1.807, 2.05) is 42.5 Å². The smallest absolute Gasteiger partial charge is 0.228 e. The van der Waals surface area contributed by atoms with Gasteiger partial charge in [0, 0.05) is 0 Å². The standard InChI is InChI=1S/C12H11N3O/c13-6-8-15(9-7-14)12(16)10-11-4-2-1-3-5-11/h1-5H,8-10H2. The summed E-state index contributed by atoms with van der Waals surface area (Å²) < 4.78 is 0. The zero-order valence-corrected chi connectivity index (χ0v) is 8.76. The summed E-state index contributed by atoms with van der Waals surface area (Å²) in [5.74, 6) is -0.200. The summed E-state index contributed by atoms with van der Waals surface area (Å²) in [5.41, 5.74) is 0.883. The molecule has 0 aliphatic rings. The topological polar surface area (TPSA) is 67.9 Å². The summed E-state index contributed by atoms with van der Waals surface area (Å²) in [6, 6.07) is 13.0. The molecule has 0 radical (unpaired) electrons. The molecule has 0 bridgehead atoms. The fraction of sp³-hybridized carbons (Fsp3) is 0.250. The van der Waals surface area contributed by atoms with Gasteiger partial charge in [-0.25, -0.2) is 0 Å². The molecule has 0 saturated heterocycles. The van der Waals surface area contributed by atoms with Gasteiger partial charge in [0.15, 0.2) is 0 Å². The highest BCUT2D eigenvalue weighted by Crippen LogP contribution is 2.02. The van der Waals surface area contributed by atoms with E-state index < -0.39 is 0 Å². The first-order chi connectivity index (χ1) is 7.77. The first-order valence-electron chi connectivity index (χ1n) is 4.83. The summed E-state index contributed by atoms with van der Waals surface area (Å²) in [6.07, 6.45) is 0.226. The molecule has 0 unspecified atom stereocenters. The second-order valence-electron chi connectivity index (χ2n) is 3.23. The van der Waals surface area contributed by atoms with Crippen molar-refractivity contribution < 1.29 is 4.79 Å². The second-order valence-corrected chi connectivity index (χ2v) is 3.23. The summed E-state index contributed by atoms with van der Waals surface area (Å²) in [4.78, 5) is 13.0. The van der Waals surface area contributed by atoms with Gasteiger partial charge >= 0.3 is 0 Å². The van der Waals surface area contributed by atoms with Crippen LogP contribution in [0.1, 0.15) is 5.56 Å². The van der Waals surface area contributed by atoms with Gasteiger partial charge in [-0.2, -0.15) is 10.5 Å². The zero-order chi connectivity index (χ0) is 11.8. The van der Waals surface area contributed by atoms with Crippen LogP contribution in [0.25, 0.3) is 0 Å². The molecular formula is C12H11N3O. The summed E-state index contributed by atoms with van der Waals surface area (Å²) in [5, 5.41) is 17.0. The van der Waals surface area contributed by atoms with E-state index in [0.29, 0.717) is 0 Å². The highest BCUT2D eigenvalue weighted by Gasteiger charge is 2.12. The molecule has 1 amide bonds. The van der Waals surface area contributed by atoms with Crippen molar-refractivity contribution in [1.29, 1.82) is 10.5 Å². The molecule has 4 nitrogen and oxygen atoms in total. The number of nitrogens with zero attached hydrogens (tertiary/aromatic N) is 3. The number of hydrogen-bond acceptors (Lipinski definition) is 3. The average Bonchev–Trinajstić information content (AvgIpc) is 2.30. The van der Waals surface area contributed by atoms with Gasteiger partial charge in [0.25, 0.3) is 0 Å². The van der Waals surface area contributed by atoms with Crippen molar-refractivity contribution in [2.24, 2.45) is 0 Å². The van der Waals surface area contributed by atoms with Crippen molar-refractivity contribution in [2.45, 2.75) is 6.42 Å². The normalized spacial score (nSPS) is 8.88. The SMILES string of the molecule is N#CCN(CC#N)C(=O)Cc1ccccc1. The highest BCUT2D eigenvalue weighted by atomic mass is 16.2. The monoisotopic (exact) mass is 213 g/mol. The molecule has 0 atom stereocenters. The van der Waals surface area contributed by atoms with Gasteiger partial charge in [0.1, 0.15) is 13.1 Å². The predicted molar refractivity (Wildman–Crippen MR) is 58.0 cm³/mol. The molecule has 0 aliphatic carbocycles. The van der Waals surface area contributed by atoms with Gasteiger partial charge in [0.05, 0.1) is 18.6 Å². The van der Waals surface area contributed by atoms with E-state index in [2.05, 4.69) is 0 Å². The molecule has 1 aromatic rings. The van der Waals surface area contributed by atoms with Crippen LogP contribution in [0.2, 0.25) is 0 Å². The van der Waals surface area contributed by atoms with Crippen molar-refractivity contribution in [3.63, 3.8) is 0 Å². The summed E-state index contributed by atoms with van der Waals surface area (Å²) >= 11 is 0. The second kappa shape index (κ2) is 6.21. The van der Waals surface area contributed by atoms with E-state index in [9.17, 15) is 4.79 Å². The lowest BCUT2D eigenvalue weighted by Crippen LogP contribution is -2.33. The molecule has 0 heterocycles. The lowest BCUT2D eigenvalue weighted by atomic mass is 10.1. The molecule has 16 heavy (non-hydrogen) atoms. The molecule has 0 saturated carbocycles. The third-order valence-electron chi connectivity index (χ3n) is 2.07. The van der Waals surface area contributed by atoms with Crippen LogP contribution >= 0.6 is 0 Å². The van der Waals surface area contributed by atoms with E-state index in [1.165, 1.54) is 4.90 Å². The van der Waals surface area contributed by atoms with Gasteiger partial charge < -0.3 is 4.90 Å². The van der Waals surface area contributed by atoms with Gasteiger partial charge in [-0.15, -0.1) is 0 Å². The maximum atomic E-state index is 11.7. The van der Waals surface area contributed by atoms with Crippen molar-refractivity contribution in [1.82, 2.24) is 4.90 Å². The third kappa shape index (κ3) is 3.43. The van der Waals surface area contributed by atoms with Crippen LogP contribution in [0.3, 0.4) is 0 Å². The first-order valence-corrected chi connectivity index (χ1v) is 4.83. The van der Waals surface area contributed by atoms with E-state index >= 15 is 0 Å². The Balaban J connectivity index is 2.63. The van der Waals surface area contributed by atoms with Crippen LogP contribution < -0.4 is 0 Å². The molecule has 0 spiro atoms. The molecule has 1 aromatic carbocycles. The quantitative estimate of drug-likeness (QED) is 0.703. The maximum Gasteiger partial charge on any atom is 0.228 e. The van der Waals surface area contributed by atoms with Crippen LogP contribution in [-0.2, 0) is 11.2 Å². The van der Waals surface area contributed by atoms with Gasteiger partial charge in [-0.3, -0.25) is 4.79 Å². The average molecular weight is 213 g/mol. The molecule has 4 heteroatoms. The van der Waals surface area contributed by atoms with Crippen LogP contribution in [0.15, 0.2) is 30.3 Å². The van der Waals surface area contributed by atoms with Gasteiger partial charge in [-0.1, -0.05) is 30.3 Å². The predicted octanol–water partition coefficient (Wildman–Crippen LogP) is 1.10. The molecule has 0 aliphatic heterocycles. The Morgan fingerprint density at radius 3 is 2.19 bits per heavy atom. The molecule has 1 rings (SSSR count). The van der Waals surface area contributed by atoms with Crippen LogP contribution in [0, 0.1) is 22.7 Å². The van der Waals surface area contributed by atoms with Crippen molar-refractivity contribution in [3.8, 4) is 12.1 Å². The highest BCUT2D eigenvalue weighted by molar-refractivity contribution is 5.79. The Morgan fingerprint density at radius 1 is 1.12 bits per heavy atom. The third-order valence-corrected chi connectivity index (χ3v) is 2.07. The molecule has 80 valence electrons. The Morgan fingerprint density at radius 2 is 1.69 bits per heavy atom. The largest absolute Gasteiger partial charge is 0.316 e. The Hall–Kier alpha value is -2.33. The molecule has 0 N–H and O–H groups in total. The van der Waals surface area contributed by atoms with Crippen molar-refractivity contribution >= 4 is 5.91 Å². The first kappa shape index (κ1) is 11.7. The number of amides is 1. The minimum Gasteiger partial charge on any atom is -0.316 e. The Labute approximate surface area is 94.3 Å². The number of rotatable bonds is 4. The van der Waals surface area contributed by atoms with Gasteiger partial charge in [-0.05, 0) is 5.56 Å². The number of nitriles is 2. The Kier molecular flexibility index (Phi) is 4.56. The molecule has 0 aromatic heterocycles. The van der Waals surface area contributed by atoms with E-state index in [1.54, 1.807) is 0 Å². The fourth-order valence-corrected chi connectivity index (χ4v) is 1.29. The van der Waals surface area contributed by atoms with E-state index in [4.69, 9.17) is 10.5 Å². The minimum absolute atomic E-state index is 0.0424. The lowest BCUT2D eigenvalue weighted by Gasteiger charge is -2.15. The van der Waals surface area contributed by atoms with E-state index in [-0.39, 0.29) is 25.4 Å². The zero-order valence-electron chi connectivity index (χ0n) is 8.76. The summed E-state index contributed by atoms with van der Waals surface area (Å²) in [7, 11) is 0. The van der Waals surface area contributed by atoms with Crippen LogP contribution in [-0.4, -0.2) is 23.9 Å². The maximum absolute atomic E-state index is 11.7. The minimum atomic E-state index is -0.200. The fourth-order valence-electron chi connectivity index (χ4n) is 1.29.